The minimum Gasteiger partial charge on any atom is -0.348 e. The minimum absolute atomic E-state index is 0.209. The van der Waals surface area contributed by atoms with Crippen LogP contribution in [0.3, 0.4) is 0 Å². The van der Waals surface area contributed by atoms with Gasteiger partial charge in [-0.25, -0.2) is 9.37 Å². The monoisotopic (exact) mass is 417 g/mol. The summed E-state index contributed by atoms with van der Waals surface area (Å²) >= 11 is 1.66. The average molecular weight is 418 g/mol. The number of nitrogens with one attached hydrogen (secondary N) is 2. The molecule has 1 aromatic heterocycles. The summed E-state index contributed by atoms with van der Waals surface area (Å²) in [5.41, 5.74) is 3.00. The van der Waals surface area contributed by atoms with E-state index in [2.05, 4.69) is 15.6 Å². The average Bonchev–Trinajstić information content (AvgIpc) is 2.78. The van der Waals surface area contributed by atoms with Crippen LogP contribution in [0.2, 0.25) is 0 Å². The molecule has 1 heterocycles. The van der Waals surface area contributed by atoms with Crippen LogP contribution in [-0.2, 0) is 6.54 Å². The normalized spacial score (nSPS) is 10.7. The van der Waals surface area contributed by atoms with Gasteiger partial charge in [-0.2, -0.15) is 0 Å². The molecule has 1 amide bonds. The van der Waals surface area contributed by atoms with Gasteiger partial charge in [0.25, 0.3) is 5.91 Å². The highest BCUT2D eigenvalue weighted by molar-refractivity contribution is 7.98. The number of hydrogen-bond acceptors (Lipinski definition) is 4. The van der Waals surface area contributed by atoms with E-state index in [1.54, 1.807) is 30.0 Å². The largest absolute Gasteiger partial charge is 0.348 e. The molecule has 30 heavy (non-hydrogen) atoms. The molecule has 0 spiro atoms. The van der Waals surface area contributed by atoms with E-state index >= 15 is 0 Å². The lowest BCUT2D eigenvalue weighted by Crippen LogP contribution is -2.23. The molecule has 0 aliphatic heterocycles. The van der Waals surface area contributed by atoms with Gasteiger partial charge < -0.3 is 10.6 Å². The second-order valence-electron chi connectivity index (χ2n) is 6.74. The highest BCUT2D eigenvalue weighted by Gasteiger charge is 2.13. The maximum absolute atomic E-state index is 13.1. The second-order valence-corrected chi connectivity index (χ2v) is 7.62. The quantitative estimate of drug-likeness (QED) is 0.391. The summed E-state index contributed by atoms with van der Waals surface area (Å²) in [5, 5.41) is 6.99. The SMILES string of the molecule is CSc1cccc(Nc2cc(C(=O)NCc3ccc(F)cc3)c3ccccc3n2)c1. The van der Waals surface area contributed by atoms with Crippen molar-refractivity contribution in [2.75, 3.05) is 11.6 Å². The molecule has 0 aliphatic carbocycles. The summed E-state index contributed by atoms with van der Waals surface area (Å²) in [6.45, 7) is 0.314. The Morgan fingerprint density at radius 1 is 1.00 bits per heavy atom. The van der Waals surface area contributed by atoms with Crippen LogP contribution in [0.25, 0.3) is 10.9 Å². The molecule has 0 fully saturated rings. The number of anilines is 2. The van der Waals surface area contributed by atoms with E-state index in [4.69, 9.17) is 0 Å². The smallest absolute Gasteiger partial charge is 0.252 e. The number of thioether (sulfide) groups is 1. The Hall–Kier alpha value is -3.38. The number of carbonyl (C=O) groups is 1. The summed E-state index contributed by atoms with van der Waals surface area (Å²) in [4.78, 5) is 18.8. The van der Waals surface area contributed by atoms with Crippen LogP contribution in [0.1, 0.15) is 15.9 Å². The number of carbonyl (C=O) groups excluding carboxylic acids is 1. The molecule has 4 nitrogen and oxygen atoms in total. The molecule has 0 unspecified atom stereocenters. The van der Waals surface area contributed by atoms with Crippen LogP contribution in [-0.4, -0.2) is 17.1 Å². The lowest BCUT2D eigenvalue weighted by Gasteiger charge is -2.12. The van der Waals surface area contributed by atoms with Gasteiger partial charge in [-0.1, -0.05) is 36.4 Å². The van der Waals surface area contributed by atoms with Crippen molar-refractivity contribution >= 4 is 40.1 Å². The molecule has 2 N–H and O–H groups in total. The number of aromatic nitrogens is 1. The topological polar surface area (TPSA) is 54.0 Å². The summed E-state index contributed by atoms with van der Waals surface area (Å²) in [5.74, 6) is 0.0872. The van der Waals surface area contributed by atoms with Gasteiger partial charge >= 0.3 is 0 Å². The van der Waals surface area contributed by atoms with Crippen molar-refractivity contribution in [3.8, 4) is 0 Å². The Kier molecular flexibility index (Phi) is 5.95. The van der Waals surface area contributed by atoms with Crippen LogP contribution in [0.5, 0.6) is 0 Å². The third-order valence-corrected chi connectivity index (χ3v) is 5.39. The van der Waals surface area contributed by atoms with Crippen LogP contribution in [0.15, 0.2) is 83.8 Å². The third-order valence-electron chi connectivity index (χ3n) is 4.67. The number of fused-ring (bicyclic) bond motifs is 1. The first-order valence-corrected chi connectivity index (χ1v) is 10.7. The maximum Gasteiger partial charge on any atom is 0.252 e. The van der Waals surface area contributed by atoms with Crippen LogP contribution in [0.4, 0.5) is 15.9 Å². The van der Waals surface area contributed by atoms with Crippen molar-refractivity contribution in [1.82, 2.24) is 10.3 Å². The first-order valence-electron chi connectivity index (χ1n) is 9.46. The highest BCUT2D eigenvalue weighted by atomic mass is 32.2. The number of halogens is 1. The standard InChI is InChI=1S/C24H20FN3OS/c1-30-19-6-4-5-18(13-19)27-23-14-21(20-7-2-3-8-22(20)28-23)24(29)26-15-16-9-11-17(25)12-10-16/h2-14H,15H2,1H3,(H,26,29)(H,27,28). The van der Waals surface area contributed by atoms with Crippen molar-refractivity contribution in [2.24, 2.45) is 0 Å². The van der Waals surface area contributed by atoms with Crippen LogP contribution < -0.4 is 10.6 Å². The van der Waals surface area contributed by atoms with Crippen LogP contribution in [0, 0.1) is 5.82 Å². The van der Waals surface area contributed by atoms with Gasteiger partial charge in [-0.15, -0.1) is 11.8 Å². The van der Waals surface area contributed by atoms with Gasteiger partial charge in [0.1, 0.15) is 11.6 Å². The van der Waals surface area contributed by atoms with E-state index in [-0.39, 0.29) is 11.7 Å². The molecule has 0 radical (unpaired) electrons. The number of rotatable bonds is 6. The Morgan fingerprint density at radius 2 is 1.80 bits per heavy atom. The minimum atomic E-state index is -0.300. The van der Waals surface area contributed by atoms with Crippen LogP contribution >= 0.6 is 11.8 Å². The fraction of sp³-hybridized carbons (Fsp3) is 0.0833. The van der Waals surface area contributed by atoms with E-state index in [0.717, 1.165) is 27.0 Å². The van der Waals surface area contributed by atoms with Gasteiger partial charge in [0.15, 0.2) is 0 Å². The van der Waals surface area contributed by atoms with Crippen molar-refractivity contribution in [3.63, 3.8) is 0 Å². The number of para-hydroxylation sites is 1. The predicted octanol–water partition coefficient (Wildman–Crippen LogP) is 5.77. The first kappa shape index (κ1) is 19.9. The molecule has 0 aliphatic rings. The van der Waals surface area contributed by atoms with E-state index in [9.17, 15) is 9.18 Å². The summed E-state index contributed by atoms with van der Waals surface area (Å²) in [7, 11) is 0. The summed E-state index contributed by atoms with van der Waals surface area (Å²) in [6, 6.07) is 23.4. The summed E-state index contributed by atoms with van der Waals surface area (Å²) in [6.07, 6.45) is 2.02. The molecule has 4 rings (SSSR count). The Balaban J connectivity index is 1.62. The van der Waals surface area contributed by atoms with E-state index in [1.807, 2.05) is 54.8 Å². The molecule has 0 saturated heterocycles. The predicted molar refractivity (Wildman–Crippen MR) is 121 cm³/mol. The molecule has 3 aromatic carbocycles. The molecule has 0 saturated carbocycles. The molecule has 0 atom stereocenters. The van der Waals surface area contributed by atoms with Gasteiger partial charge in [0.05, 0.1) is 11.1 Å². The van der Waals surface area contributed by atoms with E-state index in [1.165, 1.54) is 12.1 Å². The van der Waals surface area contributed by atoms with Gasteiger partial charge in [-0.05, 0) is 54.3 Å². The van der Waals surface area contributed by atoms with Gasteiger partial charge in [-0.3, -0.25) is 4.79 Å². The van der Waals surface area contributed by atoms with Crippen molar-refractivity contribution in [3.05, 3.63) is 95.8 Å². The molecule has 6 heteroatoms. The molecular formula is C24H20FN3OS. The van der Waals surface area contributed by atoms with E-state index < -0.39 is 0 Å². The van der Waals surface area contributed by atoms with Gasteiger partial charge in [0, 0.05) is 22.5 Å². The Labute approximate surface area is 178 Å². The number of nitrogens with zero attached hydrogens (tertiary/aromatic N) is 1. The number of pyridine rings is 1. The Morgan fingerprint density at radius 3 is 2.60 bits per heavy atom. The van der Waals surface area contributed by atoms with E-state index in [0.29, 0.717) is 17.9 Å². The lowest BCUT2D eigenvalue weighted by atomic mass is 10.1. The number of benzene rings is 3. The maximum atomic E-state index is 13.1. The first-order chi connectivity index (χ1) is 14.6. The summed E-state index contributed by atoms with van der Waals surface area (Å²) < 4.78 is 13.1. The Bertz CT molecular complexity index is 1190. The zero-order valence-electron chi connectivity index (χ0n) is 16.4. The number of hydrogen-bond donors (Lipinski definition) is 2. The lowest BCUT2D eigenvalue weighted by molar-refractivity contribution is 0.0952. The zero-order valence-corrected chi connectivity index (χ0v) is 17.2. The fourth-order valence-corrected chi connectivity index (χ4v) is 3.62. The number of amides is 1. The van der Waals surface area contributed by atoms with Crippen molar-refractivity contribution in [1.29, 1.82) is 0 Å². The van der Waals surface area contributed by atoms with Crippen molar-refractivity contribution in [2.45, 2.75) is 11.4 Å². The van der Waals surface area contributed by atoms with Crippen molar-refractivity contribution < 1.29 is 9.18 Å². The second kappa shape index (κ2) is 8.97. The highest BCUT2D eigenvalue weighted by Crippen LogP contribution is 2.25. The molecule has 150 valence electrons. The fourth-order valence-electron chi connectivity index (χ4n) is 3.16. The zero-order chi connectivity index (χ0) is 20.9. The molecular weight excluding hydrogens is 397 g/mol. The molecule has 0 bridgehead atoms. The third kappa shape index (κ3) is 4.60. The van der Waals surface area contributed by atoms with Gasteiger partial charge in [0.2, 0.25) is 0 Å². The molecule has 4 aromatic rings.